The van der Waals surface area contributed by atoms with Gasteiger partial charge in [-0.25, -0.2) is 9.97 Å². The van der Waals surface area contributed by atoms with Crippen LogP contribution in [0.3, 0.4) is 0 Å². The highest BCUT2D eigenvalue weighted by molar-refractivity contribution is 6.39. The molecule has 3 aliphatic heterocycles. The van der Waals surface area contributed by atoms with Crippen LogP contribution in [-0.2, 0) is 22.6 Å². The van der Waals surface area contributed by atoms with E-state index in [1.165, 1.54) is 0 Å². The van der Waals surface area contributed by atoms with Gasteiger partial charge in [-0.2, -0.15) is 0 Å². The van der Waals surface area contributed by atoms with Crippen molar-refractivity contribution in [3.63, 3.8) is 0 Å². The molecule has 1 amide bonds. The van der Waals surface area contributed by atoms with Crippen LogP contribution in [0, 0.1) is 0 Å². The van der Waals surface area contributed by atoms with Gasteiger partial charge in [0.05, 0.1) is 67.3 Å². The lowest BCUT2D eigenvalue weighted by Gasteiger charge is -2.34. The van der Waals surface area contributed by atoms with Crippen LogP contribution >= 0.6 is 23.2 Å². The van der Waals surface area contributed by atoms with Crippen LogP contribution in [0.4, 0.5) is 0 Å². The number of rotatable bonds is 13. The third-order valence-electron chi connectivity index (χ3n) is 9.53. The second-order valence-corrected chi connectivity index (χ2v) is 13.5. The van der Waals surface area contributed by atoms with Crippen molar-refractivity contribution >= 4 is 29.1 Å². The molecule has 0 spiro atoms. The summed E-state index contributed by atoms with van der Waals surface area (Å²) in [6, 6.07) is 12.5. The van der Waals surface area contributed by atoms with Gasteiger partial charge in [-0.15, -0.1) is 0 Å². The summed E-state index contributed by atoms with van der Waals surface area (Å²) in [5.41, 5.74) is 5.43. The summed E-state index contributed by atoms with van der Waals surface area (Å²) >= 11 is 14.2. The number of nitrogens with one attached hydrogen (secondary N) is 3. The molecule has 3 fully saturated rings. The minimum Gasteiger partial charge on any atom is -0.480 e. The predicted molar refractivity (Wildman–Crippen MR) is 191 cm³/mol. The van der Waals surface area contributed by atoms with Crippen LogP contribution in [0.1, 0.15) is 30.7 Å². The number of hydrogen-bond donors (Lipinski definition) is 3. The molecule has 262 valence electrons. The number of amides is 1. The number of aromatic nitrogens is 4. The van der Waals surface area contributed by atoms with E-state index in [2.05, 4.69) is 25.8 Å². The zero-order chi connectivity index (χ0) is 34.6. The van der Waals surface area contributed by atoms with Crippen molar-refractivity contribution in [2.75, 3.05) is 47.1 Å². The predicted octanol–water partition coefficient (Wildman–Crippen LogP) is 4.52. The molecule has 2 aromatic heterocycles. The number of nitrogens with zero attached hydrogens (tertiary/aromatic N) is 5. The van der Waals surface area contributed by atoms with Crippen molar-refractivity contribution in [1.82, 2.24) is 40.8 Å². The van der Waals surface area contributed by atoms with Crippen molar-refractivity contribution in [3.05, 3.63) is 70.2 Å². The average molecular weight is 720 g/mol. The maximum atomic E-state index is 11.5. The Labute approximate surface area is 301 Å². The highest BCUT2D eigenvalue weighted by atomic mass is 35.5. The average Bonchev–Trinajstić information content (AvgIpc) is 3.75. The van der Waals surface area contributed by atoms with E-state index in [0.717, 1.165) is 56.0 Å². The number of carbonyl (C=O) groups excluding carboxylic acids is 1. The van der Waals surface area contributed by atoms with Gasteiger partial charge in [0.1, 0.15) is 11.4 Å². The third-order valence-corrected chi connectivity index (χ3v) is 10.3. The molecular formula is C36H40Cl2N8O4. The summed E-state index contributed by atoms with van der Waals surface area (Å²) in [5.74, 6) is 0.936. The Morgan fingerprint density at radius 1 is 0.880 bits per heavy atom. The maximum absolute atomic E-state index is 11.5. The van der Waals surface area contributed by atoms with E-state index in [4.69, 9.17) is 52.4 Å². The van der Waals surface area contributed by atoms with Crippen LogP contribution in [0.25, 0.3) is 33.6 Å². The van der Waals surface area contributed by atoms with Gasteiger partial charge in [0.25, 0.3) is 0 Å². The monoisotopic (exact) mass is 718 g/mol. The SMILES string of the molecule is COc1nc(-c2cccc(-c3cccc(-c4cnc(CN[C@@H]5CCN(C6COC6)C5)c(OC)n4)c3Cl)c2Cl)cnc1CNC[C@@H]1CCC(=O)N1. The molecule has 3 N–H and O–H groups in total. The Balaban J connectivity index is 1.07. The molecule has 4 aromatic rings. The number of carbonyl (C=O) groups is 1. The van der Waals surface area contributed by atoms with Crippen molar-refractivity contribution in [1.29, 1.82) is 0 Å². The molecule has 2 atom stereocenters. The first kappa shape index (κ1) is 34.5. The number of ether oxygens (including phenoxy) is 3. The number of methoxy groups -OCH3 is 2. The van der Waals surface area contributed by atoms with Gasteiger partial charge in [-0.3, -0.25) is 19.7 Å². The van der Waals surface area contributed by atoms with Gasteiger partial charge in [0.15, 0.2) is 0 Å². The lowest BCUT2D eigenvalue weighted by Crippen LogP contribution is -2.48. The summed E-state index contributed by atoms with van der Waals surface area (Å²) in [5, 5.41) is 10.9. The lowest BCUT2D eigenvalue weighted by molar-refractivity contribution is -0.119. The molecule has 2 aromatic carbocycles. The largest absolute Gasteiger partial charge is 0.480 e. The van der Waals surface area contributed by atoms with Gasteiger partial charge in [-0.05, 0) is 12.8 Å². The summed E-state index contributed by atoms with van der Waals surface area (Å²) in [6.45, 7) is 5.37. The molecule has 5 heterocycles. The Morgan fingerprint density at radius 2 is 1.48 bits per heavy atom. The number of halogens is 2. The second-order valence-electron chi connectivity index (χ2n) is 12.7. The van der Waals surface area contributed by atoms with E-state index in [0.29, 0.717) is 88.2 Å². The van der Waals surface area contributed by atoms with Gasteiger partial charge in [0, 0.05) is 73.5 Å². The summed E-state index contributed by atoms with van der Waals surface area (Å²) in [6.07, 6.45) is 5.88. The van der Waals surface area contributed by atoms with Crippen molar-refractivity contribution in [2.45, 2.75) is 50.5 Å². The highest BCUT2D eigenvalue weighted by Gasteiger charge is 2.32. The summed E-state index contributed by atoms with van der Waals surface area (Å²) < 4.78 is 16.6. The topological polar surface area (TPSA) is 136 Å². The molecule has 3 aliphatic rings. The van der Waals surface area contributed by atoms with E-state index in [1.54, 1.807) is 26.6 Å². The standard InChI is InChI=1S/C36H40Cl2N8O4/c1-48-35-30(14-39-13-21-9-10-32(47)43-21)41-15-28(44-35)26-7-3-5-24(33(26)37)25-6-4-8-27(34(25)38)29-16-42-31(36(45-29)49-2)17-40-22-11-12-46(18-22)23-19-50-20-23/h3-8,15-16,21-23,39-40H,9-14,17-20H2,1-2H3,(H,43,47)/t21-,22+/m0/s1. The van der Waals surface area contributed by atoms with Crippen molar-refractivity contribution in [2.24, 2.45) is 0 Å². The minimum atomic E-state index is 0.0867. The Hall–Kier alpha value is -3.91. The van der Waals surface area contributed by atoms with Crippen LogP contribution in [0.2, 0.25) is 10.0 Å². The van der Waals surface area contributed by atoms with Gasteiger partial charge in [0.2, 0.25) is 17.7 Å². The first-order valence-corrected chi connectivity index (χ1v) is 17.6. The number of benzene rings is 2. The lowest BCUT2D eigenvalue weighted by atomic mass is 9.98. The van der Waals surface area contributed by atoms with E-state index in [1.807, 2.05) is 36.4 Å². The molecule has 0 bridgehead atoms. The number of hydrogen-bond acceptors (Lipinski definition) is 11. The van der Waals surface area contributed by atoms with E-state index >= 15 is 0 Å². The minimum absolute atomic E-state index is 0.0867. The van der Waals surface area contributed by atoms with Gasteiger partial charge in [-0.1, -0.05) is 59.6 Å². The fraction of sp³-hybridized carbons (Fsp3) is 0.417. The smallest absolute Gasteiger partial charge is 0.237 e. The maximum Gasteiger partial charge on any atom is 0.237 e. The molecular weight excluding hydrogens is 679 g/mol. The van der Waals surface area contributed by atoms with Gasteiger partial charge >= 0.3 is 0 Å². The molecule has 3 saturated heterocycles. The first-order valence-electron chi connectivity index (χ1n) is 16.8. The highest BCUT2D eigenvalue weighted by Crippen LogP contribution is 2.42. The molecule has 50 heavy (non-hydrogen) atoms. The Kier molecular flexibility index (Phi) is 10.7. The van der Waals surface area contributed by atoms with E-state index in [9.17, 15) is 4.79 Å². The molecule has 12 nitrogen and oxygen atoms in total. The fourth-order valence-electron chi connectivity index (χ4n) is 6.65. The second kappa shape index (κ2) is 15.5. The molecule has 0 saturated carbocycles. The Morgan fingerprint density at radius 3 is 2.02 bits per heavy atom. The zero-order valence-electron chi connectivity index (χ0n) is 28.0. The van der Waals surface area contributed by atoms with Crippen LogP contribution in [-0.4, -0.2) is 95.9 Å². The van der Waals surface area contributed by atoms with E-state index in [-0.39, 0.29) is 11.9 Å². The molecule has 14 heteroatoms. The van der Waals surface area contributed by atoms with Crippen LogP contribution in [0.15, 0.2) is 48.8 Å². The fourth-order valence-corrected chi connectivity index (χ4v) is 7.30. The molecule has 0 aliphatic carbocycles. The Bertz CT molecular complexity index is 1860. The van der Waals surface area contributed by atoms with Crippen LogP contribution < -0.4 is 25.4 Å². The zero-order valence-corrected chi connectivity index (χ0v) is 29.6. The normalized spacial score (nSPS) is 19.4. The third kappa shape index (κ3) is 7.41. The summed E-state index contributed by atoms with van der Waals surface area (Å²) in [4.78, 5) is 32.9. The van der Waals surface area contributed by atoms with Crippen molar-refractivity contribution in [3.8, 4) is 45.4 Å². The van der Waals surface area contributed by atoms with E-state index < -0.39 is 0 Å². The first-order chi connectivity index (χ1) is 24.4. The summed E-state index contributed by atoms with van der Waals surface area (Å²) in [7, 11) is 3.17. The van der Waals surface area contributed by atoms with Crippen molar-refractivity contribution < 1.29 is 19.0 Å². The molecule has 0 unspecified atom stereocenters. The number of likely N-dealkylation sites (tertiary alicyclic amines) is 1. The molecule has 0 radical (unpaired) electrons. The van der Waals surface area contributed by atoms with Gasteiger partial charge < -0.3 is 30.2 Å². The van der Waals surface area contributed by atoms with Crippen LogP contribution in [0.5, 0.6) is 11.8 Å². The molecule has 7 rings (SSSR count). The quantitative estimate of drug-likeness (QED) is 0.180.